The van der Waals surface area contributed by atoms with E-state index in [0.29, 0.717) is 27.9 Å². The van der Waals surface area contributed by atoms with Crippen molar-refractivity contribution in [2.45, 2.75) is 96.9 Å². The highest BCUT2D eigenvalue weighted by molar-refractivity contribution is 6.14. The highest BCUT2D eigenvalue weighted by Gasteiger charge is 2.24. The van der Waals surface area contributed by atoms with Crippen LogP contribution < -0.4 is 17.2 Å². The van der Waals surface area contributed by atoms with Gasteiger partial charge in [-0.3, -0.25) is 4.79 Å². The van der Waals surface area contributed by atoms with Gasteiger partial charge in [0.2, 0.25) is 0 Å². The van der Waals surface area contributed by atoms with Gasteiger partial charge in [0.1, 0.15) is 11.6 Å². The van der Waals surface area contributed by atoms with E-state index in [0.717, 1.165) is 50.2 Å². The summed E-state index contributed by atoms with van der Waals surface area (Å²) in [6.07, 6.45) is 0. The quantitative estimate of drug-likeness (QED) is 0.155. The van der Waals surface area contributed by atoms with E-state index >= 15 is 0 Å². The van der Waals surface area contributed by atoms with Crippen molar-refractivity contribution < 1.29 is 13.6 Å². The van der Waals surface area contributed by atoms with Gasteiger partial charge in [0.15, 0.2) is 5.78 Å². The Morgan fingerprint density at radius 2 is 0.889 bits per heavy atom. The molecule has 0 aromatic heterocycles. The Morgan fingerprint density at radius 1 is 0.467 bits per heavy atom. The molecule has 0 aliphatic rings. The molecular weight excluding hydrogens is 564 g/mol. The lowest BCUT2D eigenvalue weighted by atomic mass is 9.87. The van der Waals surface area contributed by atoms with Gasteiger partial charge in [-0.1, -0.05) is 6.07 Å². The Kier molecular flexibility index (Phi) is 11.7. The zero-order valence-corrected chi connectivity index (χ0v) is 29.6. The summed E-state index contributed by atoms with van der Waals surface area (Å²) in [5.41, 5.74) is 33.0. The Hall–Kier alpha value is -4.19. The van der Waals surface area contributed by atoms with Gasteiger partial charge in [0.05, 0.1) is 11.3 Å². The van der Waals surface area contributed by atoms with E-state index in [4.69, 9.17) is 17.2 Å². The van der Waals surface area contributed by atoms with Gasteiger partial charge in [-0.25, -0.2) is 8.78 Å². The third-order valence-corrected chi connectivity index (χ3v) is 10.0. The molecule has 0 radical (unpaired) electrons. The molecule has 0 spiro atoms. The van der Waals surface area contributed by atoms with E-state index in [1.54, 1.807) is 26.8 Å². The van der Waals surface area contributed by atoms with Gasteiger partial charge in [0.25, 0.3) is 0 Å². The zero-order chi connectivity index (χ0) is 34.8. The molecule has 0 aliphatic carbocycles. The van der Waals surface area contributed by atoms with E-state index in [1.807, 2.05) is 61.5 Å². The van der Waals surface area contributed by atoms with Crippen LogP contribution in [0, 0.1) is 109 Å². The summed E-state index contributed by atoms with van der Waals surface area (Å²) < 4.78 is 28.1. The van der Waals surface area contributed by atoms with Crippen molar-refractivity contribution in [3.05, 3.63) is 119 Å². The van der Waals surface area contributed by atoms with Crippen molar-refractivity contribution >= 4 is 22.8 Å². The summed E-state index contributed by atoms with van der Waals surface area (Å²) in [6.45, 7) is 26.8. The van der Waals surface area contributed by atoms with Crippen LogP contribution in [0.4, 0.5) is 25.8 Å². The van der Waals surface area contributed by atoms with Crippen LogP contribution in [0.5, 0.6) is 0 Å². The number of nitrogen functional groups attached to an aromatic ring is 3. The van der Waals surface area contributed by atoms with Crippen LogP contribution in [0.25, 0.3) is 0 Å². The molecule has 0 fully saturated rings. The number of carbonyl (C=O) groups excluding carboxylic acids is 1. The number of hydrogen-bond donors (Lipinski definition) is 3. The summed E-state index contributed by atoms with van der Waals surface area (Å²) in [7, 11) is 0. The first kappa shape index (κ1) is 37.0. The fourth-order valence-corrected chi connectivity index (χ4v) is 5.23. The van der Waals surface area contributed by atoms with Crippen LogP contribution in [-0.4, -0.2) is 5.78 Å². The smallest absolute Gasteiger partial charge is 0.198 e. The van der Waals surface area contributed by atoms with E-state index in [1.165, 1.54) is 16.7 Å². The second kappa shape index (κ2) is 14.3. The highest BCUT2D eigenvalue weighted by Crippen LogP contribution is 2.31. The van der Waals surface area contributed by atoms with Crippen molar-refractivity contribution in [3.63, 3.8) is 0 Å². The molecule has 0 saturated heterocycles. The highest BCUT2D eigenvalue weighted by atomic mass is 19.1. The minimum absolute atomic E-state index is 0.139. The third kappa shape index (κ3) is 7.22. The molecule has 4 aromatic rings. The summed E-state index contributed by atoms with van der Waals surface area (Å²) in [4.78, 5) is 13.0. The van der Waals surface area contributed by atoms with Crippen molar-refractivity contribution in [1.82, 2.24) is 0 Å². The van der Waals surface area contributed by atoms with E-state index < -0.39 is 5.82 Å². The molecule has 0 amide bonds. The second-order valence-electron chi connectivity index (χ2n) is 12.4. The number of anilines is 3. The number of halogens is 2. The molecule has 6 N–H and O–H groups in total. The summed E-state index contributed by atoms with van der Waals surface area (Å²) in [6, 6.07) is 5.78. The maximum atomic E-state index is 14.8. The summed E-state index contributed by atoms with van der Waals surface area (Å²) in [5, 5.41) is 0. The largest absolute Gasteiger partial charge is 0.399 e. The Bertz CT molecular complexity index is 1640. The number of benzene rings is 4. The third-order valence-electron chi connectivity index (χ3n) is 10.0. The predicted octanol–water partition coefficient (Wildman–Crippen LogP) is 9.63. The number of aryl methyl sites for hydroxylation is 2. The minimum atomic E-state index is -0.439. The van der Waals surface area contributed by atoms with Gasteiger partial charge in [-0.2, -0.15) is 0 Å². The lowest BCUT2D eigenvalue weighted by Gasteiger charge is -2.18. The monoisotopic (exact) mass is 615 g/mol. The molecule has 4 aromatic carbocycles. The molecule has 0 bridgehead atoms. The molecule has 4 nitrogen and oxygen atoms in total. The Balaban J connectivity index is 0.000000267. The molecule has 242 valence electrons. The minimum Gasteiger partial charge on any atom is -0.399 e. The van der Waals surface area contributed by atoms with Gasteiger partial charge in [0, 0.05) is 16.9 Å². The van der Waals surface area contributed by atoms with Crippen molar-refractivity contribution in [3.8, 4) is 0 Å². The van der Waals surface area contributed by atoms with Crippen molar-refractivity contribution in [2.24, 2.45) is 0 Å². The maximum Gasteiger partial charge on any atom is 0.198 e. The van der Waals surface area contributed by atoms with Crippen LogP contribution in [0.3, 0.4) is 0 Å². The van der Waals surface area contributed by atoms with Crippen LogP contribution in [0.15, 0.2) is 18.2 Å². The SMILES string of the molecule is Cc1c(C)c(C)c(F)c(N)c1C.Cc1cc(C(=O)c2c(C)c(C)c(C)c(C)c2F)c(N)c(C)c1C.Cc1ccc(N)c(C)c1C. The van der Waals surface area contributed by atoms with E-state index in [9.17, 15) is 13.6 Å². The molecule has 6 heteroatoms. The average Bonchev–Trinajstić information content (AvgIpc) is 3.02. The lowest BCUT2D eigenvalue weighted by molar-refractivity contribution is 0.103. The molecule has 0 unspecified atom stereocenters. The van der Waals surface area contributed by atoms with Crippen LogP contribution in [0.1, 0.15) is 93.8 Å². The van der Waals surface area contributed by atoms with Gasteiger partial charge >= 0.3 is 0 Å². The summed E-state index contributed by atoms with van der Waals surface area (Å²) in [5.74, 6) is -1.05. The van der Waals surface area contributed by atoms with Gasteiger partial charge in [-0.05, 0) is 187 Å². The predicted molar refractivity (Wildman–Crippen MR) is 189 cm³/mol. The fraction of sp³-hybridized carbons (Fsp3) is 0.359. The lowest BCUT2D eigenvalue weighted by Crippen LogP contribution is -2.14. The number of ketones is 1. The first-order chi connectivity index (χ1) is 20.7. The van der Waals surface area contributed by atoms with Crippen molar-refractivity contribution in [2.75, 3.05) is 17.2 Å². The van der Waals surface area contributed by atoms with Crippen molar-refractivity contribution in [1.29, 1.82) is 0 Å². The first-order valence-electron chi connectivity index (χ1n) is 15.2. The topological polar surface area (TPSA) is 95.1 Å². The molecule has 0 aliphatic heterocycles. The Morgan fingerprint density at radius 3 is 1.40 bits per heavy atom. The fourth-order valence-electron chi connectivity index (χ4n) is 5.23. The molecule has 45 heavy (non-hydrogen) atoms. The molecule has 0 heterocycles. The Labute approximate surface area is 269 Å². The maximum absolute atomic E-state index is 14.8. The number of nitrogens with two attached hydrogens (primary N) is 3. The zero-order valence-electron chi connectivity index (χ0n) is 29.6. The first-order valence-corrected chi connectivity index (χ1v) is 15.2. The number of carbonyl (C=O) groups is 1. The standard InChI is InChI=1S/C20H24FNO.C10H14FN.C9H13N/c1-9-8-16(19(22)15(7)10(9)2)20(23)17-13(5)11(3)12(4)14(6)18(17)21;1-5-6(2)8(4)10(12)9(11)7(5)3;1-6-4-5-9(10)8(3)7(6)2/h8H,22H2,1-7H3;12H2,1-4H3;4-5H,10H2,1-3H3. The molecule has 0 saturated carbocycles. The van der Waals surface area contributed by atoms with E-state index in [2.05, 4.69) is 26.8 Å². The summed E-state index contributed by atoms with van der Waals surface area (Å²) >= 11 is 0. The molecule has 0 atom stereocenters. The number of hydrogen-bond acceptors (Lipinski definition) is 4. The normalized spacial score (nSPS) is 10.6. The van der Waals surface area contributed by atoms with Crippen LogP contribution >= 0.6 is 0 Å². The van der Waals surface area contributed by atoms with Crippen LogP contribution in [0.2, 0.25) is 0 Å². The second-order valence-corrected chi connectivity index (χ2v) is 12.4. The average molecular weight is 616 g/mol. The molecular formula is C39H51F2N3O. The van der Waals surface area contributed by atoms with Gasteiger partial charge < -0.3 is 17.2 Å². The molecule has 4 rings (SSSR count). The van der Waals surface area contributed by atoms with Gasteiger partial charge in [-0.15, -0.1) is 0 Å². The number of rotatable bonds is 2. The van der Waals surface area contributed by atoms with E-state index in [-0.39, 0.29) is 22.9 Å². The van der Waals surface area contributed by atoms with Crippen LogP contribution in [-0.2, 0) is 0 Å².